The zero-order valence-electron chi connectivity index (χ0n) is 14.4. The lowest BCUT2D eigenvalue weighted by Gasteiger charge is -2.16. The molecular weight excluding hydrogens is 416 g/mol. The van der Waals surface area contributed by atoms with E-state index in [1.807, 2.05) is 0 Å². The molecule has 0 spiro atoms. The van der Waals surface area contributed by atoms with Crippen molar-refractivity contribution in [3.05, 3.63) is 16.4 Å². The van der Waals surface area contributed by atoms with Crippen LogP contribution in [0.5, 0.6) is 0 Å². The van der Waals surface area contributed by atoms with Gasteiger partial charge in [-0.3, -0.25) is 0 Å². The summed E-state index contributed by atoms with van der Waals surface area (Å²) < 4.78 is 83.0. The summed E-state index contributed by atoms with van der Waals surface area (Å²) >= 11 is 0.915. The molecule has 2 aromatic rings. The minimum atomic E-state index is -4.77. The highest BCUT2D eigenvalue weighted by Crippen LogP contribution is 2.34. The monoisotopic (exact) mass is 431 g/mol. The van der Waals surface area contributed by atoms with Crippen LogP contribution in [0.1, 0.15) is 29.2 Å². The Hall–Kier alpha value is -2.09. The van der Waals surface area contributed by atoms with E-state index in [2.05, 4.69) is 15.4 Å². The predicted molar refractivity (Wildman–Crippen MR) is 84.6 cm³/mol. The van der Waals surface area contributed by atoms with Crippen LogP contribution < -0.4 is 5.32 Å². The summed E-state index contributed by atoms with van der Waals surface area (Å²) in [6, 6.07) is -1.53. The second-order valence-electron chi connectivity index (χ2n) is 6.21. The molecule has 3 heterocycles. The first-order chi connectivity index (χ1) is 13.0. The number of nitrogens with zero attached hydrogens (tertiary/aromatic N) is 4. The van der Waals surface area contributed by atoms with Crippen molar-refractivity contribution in [1.29, 1.82) is 0 Å². The summed E-state index contributed by atoms with van der Waals surface area (Å²) in [5.41, 5.74) is -1.53. The van der Waals surface area contributed by atoms with Gasteiger partial charge in [0.15, 0.2) is 5.69 Å². The van der Waals surface area contributed by atoms with Gasteiger partial charge in [0.2, 0.25) is 4.96 Å². The van der Waals surface area contributed by atoms with Crippen molar-refractivity contribution in [2.75, 3.05) is 13.7 Å². The fraction of sp³-hybridized carbons (Fsp3) is 0.643. The number of nitrogens with one attached hydrogen (secondary N) is 1. The fourth-order valence-corrected chi connectivity index (χ4v) is 3.74. The van der Waals surface area contributed by atoms with Crippen molar-refractivity contribution in [2.24, 2.45) is 0 Å². The molecule has 2 amide bonds. The van der Waals surface area contributed by atoms with Crippen molar-refractivity contribution in [3.63, 3.8) is 0 Å². The average molecular weight is 431 g/mol. The molecule has 28 heavy (non-hydrogen) atoms. The molecule has 1 N–H and O–H groups in total. The third-order valence-corrected chi connectivity index (χ3v) is 4.93. The number of amides is 2. The summed E-state index contributed by atoms with van der Waals surface area (Å²) in [4.78, 5) is 16.6. The molecule has 0 saturated carbocycles. The number of ether oxygens (including phenoxy) is 1. The number of carbonyl (C=O) groups excluding carboxylic acids is 1. The molecule has 3 rings (SSSR count). The summed E-state index contributed by atoms with van der Waals surface area (Å²) in [7, 11) is 1.40. The maximum atomic E-state index is 13.3. The maximum Gasteiger partial charge on any atom is 0.435 e. The number of alkyl halides is 6. The molecule has 1 unspecified atom stereocenters. The van der Waals surface area contributed by atoms with Gasteiger partial charge < -0.3 is 15.0 Å². The summed E-state index contributed by atoms with van der Waals surface area (Å²) in [6.07, 6.45) is -10.6. The number of halogens is 6. The number of imidazole rings is 1. The van der Waals surface area contributed by atoms with Crippen molar-refractivity contribution >= 4 is 22.3 Å². The third-order valence-electron chi connectivity index (χ3n) is 4.05. The number of aromatic nitrogens is 3. The van der Waals surface area contributed by atoms with Crippen LogP contribution in [0.3, 0.4) is 0 Å². The molecule has 7 nitrogen and oxygen atoms in total. The second-order valence-corrected chi connectivity index (χ2v) is 7.25. The number of hydrogen-bond acceptors (Lipinski definition) is 5. The third kappa shape index (κ3) is 4.48. The molecule has 2 aromatic heterocycles. The summed E-state index contributed by atoms with van der Waals surface area (Å²) in [5, 5.41) is 6.79. The van der Waals surface area contributed by atoms with Crippen LogP contribution >= 0.6 is 11.3 Å². The number of hydrogen-bond donors (Lipinski definition) is 1. The van der Waals surface area contributed by atoms with E-state index in [4.69, 9.17) is 4.74 Å². The Bertz CT molecular complexity index is 861. The smallest absolute Gasteiger partial charge is 0.377 e. The first-order valence-electron chi connectivity index (χ1n) is 8.03. The van der Waals surface area contributed by atoms with E-state index < -0.39 is 43.1 Å². The molecule has 1 aliphatic rings. The molecule has 0 aromatic carbocycles. The zero-order chi connectivity index (χ0) is 20.7. The van der Waals surface area contributed by atoms with Crippen LogP contribution in [0, 0.1) is 0 Å². The van der Waals surface area contributed by atoms with E-state index in [9.17, 15) is 31.1 Å². The normalized spacial score (nSPS) is 18.3. The van der Waals surface area contributed by atoms with Gasteiger partial charge in [0.25, 0.3) is 0 Å². The van der Waals surface area contributed by atoms with Crippen LogP contribution in [0.15, 0.2) is 0 Å². The van der Waals surface area contributed by atoms with Crippen molar-refractivity contribution < 1.29 is 35.9 Å². The Labute approximate surface area is 158 Å². The fourth-order valence-electron chi connectivity index (χ4n) is 2.86. The molecule has 1 atom stereocenters. The predicted octanol–water partition coefficient (Wildman–Crippen LogP) is 3.19. The number of methoxy groups -OCH3 is 1. The van der Waals surface area contributed by atoms with Gasteiger partial charge in [0, 0.05) is 26.1 Å². The molecule has 0 bridgehead atoms. The zero-order valence-corrected chi connectivity index (χ0v) is 15.2. The molecule has 0 aliphatic carbocycles. The standard InChI is InChI=1S/C14H15F6N5O2S/c1-27-6-9-23-25-8(10(14(18,19)20)22-12(25)28-9)5-24-4-7(21-11(24)26)2-3-13(15,16)17/h7H,2-6H2,1H3,(H,21,26). The highest BCUT2D eigenvalue weighted by Gasteiger charge is 2.41. The minimum absolute atomic E-state index is 0.0115. The van der Waals surface area contributed by atoms with Gasteiger partial charge in [-0.25, -0.2) is 14.3 Å². The van der Waals surface area contributed by atoms with Crippen molar-refractivity contribution in [1.82, 2.24) is 24.8 Å². The highest BCUT2D eigenvalue weighted by atomic mass is 32.1. The molecule has 1 aliphatic heterocycles. The lowest BCUT2D eigenvalue weighted by Crippen LogP contribution is -2.30. The van der Waals surface area contributed by atoms with Gasteiger partial charge in [-0.2, -0.15) is 31.4 Å². The summed E-state index contributed by atoms with van der Waals surface area (Å²) in [6.45, 7) is -0.548. The van der Waals surface area contributed by atoms with Gasteiger partial charge >= 0.3 is 18.4 Å². The van der Waals surface area contributed by atoms with Gasteiger partial charge in [-0.15, -0.1) is 0 Å². The average Bonchev–Trinajstić information content (AvgIpc) is 3.19. The van der Waals surface area contributed by atoms with Crippen molar-refractivity contribution in [3.8, 4) is 0 Å². The molecular formula is C14H15F6N5O2S. The lowest BCUT2D eigenvalue weighted by molar-refractivity contribution is -0.141. The van der Waals surface area contributed by atoms with Crippen LogP contribution in [0.25, 0.3) is 4.96 Å². The topological polar surface area (TPSA) is 71.8 Å². The van der Waals surface area contributed by atoms with Crippen LogP contribution in [-0.2, 0) is 24.1 Å². The first kappa shape index (κ1) is 20.6. The van der Waals surface area contributed by atoms with Gasteiger partial charge in [0.1, 0.15) is 5.01 Å². The highest BCUT2D eigenvalue weighted by molar-refractivity contribution is 7.16. The Kier molecular flexibility index (Phi) is 5.44. The summed E-state index contributed by atoms with van der Waals surface area (Å²) in [5.74, 6) is 0. The molecule has 14 heteroatoms. The number of urea groups is 1. The van der Waals surface area contributed by atoms with Crippen LogP contribution in [-0.4, -0.2) is 51.4 Å². The van der Waals surface area contributed by atoms with E-state index in [1.165, 1.54) is 7.11 Å². The van der Waals surface area contributed by atoms with Gasteiger partial charge in [0.05, 0.1) is 18.8 Å². The Morgan fingerprint density at radius 1 is 1.29 bits per heavy atom. The number of carbonyl (C=O) groups is 1. The molecule has 156 valence electrons. The first-order valence-corrected chi connectivity index (χ1v) is 8.85. The van der Waals surface area contributed by atoms with Gasteiger partial charge in [-0.05, 0) is 6.42 Å². The maximum absolute atomic E-state index is 13.3. The van der Waals surface area contributed by atoms with Crippen molar-refractivity contribution in [2.45, 2.75) is 44.4 Å². The molecule has 0 radical (unpaired) electrons. The van der Waals surface area contributed by atoms with Gasteiger partial charge in [-0.1, -0.05) is 11.3 Å². The molecule has 1 fully saturated rings. The Balaban J connectivity index is 1.83. The Morgan fingerprint density at radius 2 is 2.00 bits per heavy atom. The van der Waals surface area contributed by atoms with Crippen LogP contribution in [0.2, 0.25) is 0 Å². The quantitative estimate of drug-likeness (QED) is 0.714. The minimum Gasteiger partial charge on any atom is -0.377 e. The van der Waals surface area contributed by atoms with E-state index in [0.29, 0.717) is 5.01 Å². The number of fused-ring (bicyclic) bond motifs is 1. The van der Waals surface area contributed by atoms with E-state index in [-0.39, 0.29) is 30.2 Å². The van der Waals surface area contributed by atoms with E-state index >= 15 is 0 Å². The van der Waals surface area contributed by atoms with E-state index in [0.717, 1.165) is 20.8 Å². The SMILES string of the molecule is COCc1nn2c(CN3CC(CCC(F)(F)F)NC3=O)c(C(F)(F)F)nc2s1. The number of rotatable bonds is 6. The van der Waals surface area contributed by atoms with Crippen LogP contribution in [0.4, 0.5) is 31.1 Å². The van der Waals surface area contributed by atoms with E-state index in [1.54, 1.807) is 0 Å². The second kappa shape index (κ2) is 7.39. The lowest BCUT2D eigenvalue weighted by atomic mass is 10.1. The molecule has 1 saturated heterocycles. The largest absolute Gasteiger partial charge is 0.435 e. The Morgan fingerprint density at radius 3 is 2.61 bits per heavy atom.